The van der Waals surface area contributed by atoms with Crippen molar-refractivity contribution in [2.75, 3.05) is 14.1 Å². The van der Waals surface area contributed by atoms with E-state index in [9.17, 15) is 0 Å². The number of hydrazine groups is 1. The second kappa shape index (κ2) is 39.3. The van der Waals surface area contributed by atoms with Gasteiger partial charge in [0.05, 0.1) is 0 Å². The number of hydrogen-bond donors (Lipinski definition) is 2. The number of halogens is 2. The van der Waals surface area contributed by atoms with Crippen LogP contribution in [0.1, 0.15) is 0 Å². The molecule has 0 heterocycles. The van der Waals surface area contributed by atoms with Crippen LogP contribution in [0.15, 0.2) is 0 Å². The van der Waals surface area contributed by atoms with Gasteiger partial charge in [-0.25, -0.2) is 0 Å². The Balaban J connectivity index is -0.0000000483. The van der Waals surface area contributed by atoms with Crippen LogP contribution in [0.2, 0.25) is 0 Å². The van der Waals surface area contributed by atoms with Gasteiger partial charge in [-0.05, 0) is 0 Å². The summed E-state index contributed by atoms with van der Waals surface area (Å²) in [6.07, 6.45) is 0. The molecule has 0 amide bonds. The maximum absolute atomic E-state index is 4.00. The summed E-state index contributed by atoms with van der Waals surface area (Å²) in [5.41, 5.74) is 0. The summed E-state index contributed by atoms with van der Waals surface area (Å²) < 4.78 is 0. The monoisotopic (exact) mass is 336 g/mol. The fourth-order valence-electron chi connectivity index (χ4n) is 0. The number of nitrogens with zero attached hydrogens (tertiary/aromatic N) is 1. The Kier molecular flexibility index (Phi) is 79.7. The molecule has 0 aliphatic carbocycles. The van der Waals surface area contributed by atoms with E-state index in [0.29, 0.717) is 13.2 Å². The first-order chi connectivity index (χ1) is 3.83. The maximum atomic E-state index is 4.00. The molecule has 0 atom stereocenters. The van der Waals surface area contributed by atoms with E-state index in [4.69, 9.17) is 0 Å². The topological polar surface area (TPSA) is 66.1 Å². The second-order valence-corrected chi connectivity index (χ2v) is 8.52. The van der Waals surface area contributed by atoms with Crippen LogP contribution in [-0.4, -0.2) is 14.1 Å². The summed E-state index contributed by atoms with van der Waals surface area (Å²) in [7, 11) is 3.50. The van der Waals surface area contributed by atoms with Gasteiger partial charge in [-0.2, -0.15) is 14.1 Å². The van der Waals surface area contributed by atoms with E-state index >= 15 is 0 Å². The molecule has 0 aromatic carbocycles. The SMILES string of the molecule is C[N-]C.NN.[Br][Ru][Br]. The van der Waals surface area contributed by atoms with Crippen molar-refractivity contribution in [3.05, 3.63) is 5.32 Å². The number of rotatable bonds is 0. The van der Waals surface area contributed by atoms with Gasteiger partial charge < -0.3 is 5.32 Å². The molecule has 0 saturated carbocycles. The molecule has 0 radical (unpaired) electrons. The summed E-state index contributed by atoms with van der Waals surface area (Å²) in [6, 6.07) is 0. The Morgan fingerprint density at radius 3 is 1.25 bits per heavy atom. The second-order valence-electron chi connectivity index (χ2n) is 0.498. The summed E-state index contributed by atoms with van der Waals surface area (Å²) in [5.74, 6) is 8.00. The molecule has 0 bridgehead atoms. The molecule has 3 nitrogen and oxygen atoms in total. The molecule has 4 N–H and O–H groups in total. The zero-order valence-corrected chi connectivity index (χ0v) is 9.62. The molecule has 0 aliphatic heterocycles. The van der Waals surface area contributed by atoms with Gasteiger partial charge in [-0.3, -0.25) is 11.7 Å². The van der Waals surface area contributed by atoms with E-state index in [1.807, 2.05) is 0 Å². The quantitative estimate of drug-likeness (QED) is 0.395. The van der Waals surface area contributed by atoms with E-state index in [1.165, 1.54) is 0 Å². The molecule has 0 fully saturated rings. The van der Waals surface area contributed by atoms with Gasteiger partial charge in [-0.1, -0.05) is 0 Å². The van der Waals surface area contributed by atoms with Gasteiger partial charge >= 0.3 is 40.5 Å². The number of hydrogen-bond acceptors (Lipinski definition) is 2. The first kappa shape index (κ1) is 16.2. The molecule has 0 unspecified atom stereocenters. The molecular weight excluding hydrogens is 327 g/mol. The van der Waals surface area contributed by atoms with E-state index in [-0.39, 0.29) is 0 Å². The molecule has 6 heteroatoms. The van der Waals surface area contributed by atoms with Crippen LogP contribution in [0.3, 0.4) is 0 Å². The Labute approximate surface area is 71.2 Å². The zero-order chi connectivity index (χ0) is 7.41. The van der Waals surface area contributed by atoms with Crippen molar-refractivity contribution in [3.8, 4) is 0 Å². The van der Waals surface area contributed by atoms with Gasteiger partial charge in [-0.15, -0.1) is 0 Å². The fraction of sp³-hybridized carbons (Fsp3) is 1.00. The molecular formula is C2H10Br2N3Ru-. The van der Waals surface area contributed by atoms with E-state index in [1.54, 1.807) is 14.1 Å². The molecule has 0 aromatic heterocycles. The van der Waals surface area contributed by atoms with Crippen LogP contribution in [0, 0.1) is 0 Å². The van der Waals surface area contributed by atoms with E-state index < -0.39 is 0 Å². The van der Waals surface area contributed by atoms with E-state index in [2.05, 4.69) is 44.2 Å². The van der Waals surface area contributed by atoms with Crippen LogP contribution < -0.4 is 11.7 Å². The van der Waals surface area contributed by atoms with Crippen molar-refractivity contribution in [3.63, 3.8) is 0 Å². The average Bonchev–Trinajstić information content (AvgIpc) is 1.75. The van der Waals surface area contributed by atoms with Crippen molar-refractivity contribution in [2.24, 2.45) is 11.7 Å². The molecule has 0 rings (SSSR count). The Morgan fingerprint density at radius 1 is 1.25 bits per heavy atom. The number of nitrogens with two attached hydrogens (primary N) is 2. The standard InChI is InChI=1S/C2H6N.2BrH.H4N2.Ru/c1-3-2;;;1-2;/h1-2H3;2*1H;1-2H2;/q-1;;;;+2/p-2. The van der Waals surface area contributed by atoms with E-state index in [0.717, 1.165) is 0 Å². The van der Waals surface area contributed by atoms with Gasteiger partial charge in [0.25, 0.3) is 0 Å². The zero-order valence-electron chi connectivity index (χ0n) is 4.71. The summed E-state index contributed by atoms with van der Waals surface area (Å²) in [4.78, 5) is 0. The molecule has 0 aromatic rings. The van der Waals surface area contributed by atoms with Gasteiger partial charge in [0, 0.05) is 0 Å². The minimum absolute atomic E-state index is 0.335. The predicted octanol–water partition coefficient (Wildman–Crippen LogP) is 1.13. The minimum atomic E-state index is 0.335. The van der Waals surface area contributed by atoms with Crippen molar-refractivity contribution < 1.29 is 13.2 Å². The van der Waals surface area contributed by atoms with Crippen molar-refractivity contribution >= 4 is 27.2 Å². The Morgan fingerprint density at radius 2 is 1.25 bits per heavy atom. The predicted molar refractivity (Wildman–Crippen MR) is 41.4 cm³/mol. The van der Waals surface area contributed by atoms with Crippen LogP contribution >= 0.6 is 27.2 Å². The fourth-order valence-corrected chi connectivity index (χ4v) is 0. The average molecular weight is 337 g/mol. The molecule has 56 valence electrons. The summed E-state index contributed by atoms with van der Waals surface area (Å²) >= 11 is 6.64. The van der Waals surface area contributed by atoms with Gasteiger partial charge in [0.15, 0.2) is 0 Å². The Bertz CT molecular complexity index is 17.2. The van der Waals surface area contributed by atoms with Crippen LogP contribution in [0.5, 0.6) is 0 Å². The van der Waals surface area contributed by atoms with Gasteiger partial charge in [0.2, 0.25) is 0 Å². The molecule has 0 aliphatic rings. The Hall–Kier alpha value is 1.46. The third kappa shape index (κ3) is 146. The third-order valence-corrected chi connectivity index (χ3v) is 0. The van der Waals surface area contributed by atoms with Crippen LogP contribution in [0.25, 0.3) is 5.32 Å². The van der Waals surface area contributed by atoms with Crippen LogP contribution in [0.4, 0.5) is 0 Å². The third-order valence-electron chi connectivity index (χ3n) is 0. The van der Waals surface area contributed by atoms with Crippen molar-refractivity contribution in [1.82, 2.24) is 0 Å². The van der Waals surface area contributed by atoms with Crippen LogP contribution in [-0.2, 0) is 13.2 Å². The molecule has 0 saturated heterocycles. The molecule has 8 heavy (non-hydrogen) atoms. The summed E-state index contributed by atoms with van der Waals surface area (Å²) in [5, 5.41) is 3.50. The normalized spacial score (nSPS) is 5.75. The first-order valence-electron chi connectivity index (χ1n) is 1.50. The first-order valence-corrected chi connectivity index (χ1v) is 9.44. The molecule has 0 spiro atoms. The summed E-state index contributed by atoms with van der Waals surface area (Å²) in [6.45, 7) is 0. The van der Waals surface area contributed by atoms with Gasteiger partial charge in [0.1, 0.15) is 0 Å². The van der Waals surface area contributed by atoms with Crippen molar-refractivity contribution in [1.29, 1.82) is 0 Å². The van der Waals surface area contributed by atoms with Crippen molar-refractivity contribution in [2.45, 2.75) is 0 Å².